The summed E-state index contributed by atoms with van der Waals surface area (Å²) in [7, 11) is 1.56. The van der Waals surface area contributed by atoms with E-state index in [1.165, 1.54) is 5.56 Å². The van der Waals surface area contributed by atoms with Crippen LogP contribution in [0.3, 0.4) is 0 Å². The van der Waals surface area contributed by atoms with Gasteiger partial charge in [-0.3, -0.25) is 0 Å². The second-order valence-electron chi connectivity index (χ2n) is 4.65. The van der Waals surface area contributed by atoms with Gasteiger partial charge >= 0.3 is 0 Å². The van der Waals surface area contributed by atoms with Crippen LogP contribution in [-0.2, 0) is 6.54 Å². The Bertz CT molecular complexity index is 526. The van der Waals surface area contributed by atoms with E-state index >= 15 is 0 Å². The maximum atomic E-state index is 9.56. The van der Waals surface area contributed by atoms with Crippen LogP contribution in [0, 0.1) is 0 Å². The number of quaternary nitrogens is 1. The molecule has 0 saturated carbocycles. The summed E-state index contributed by atoms with van der Waals surface area (Å²) in [5.74, 6) is 0.709. The van der Waals surface area contributed by atoms with Crippen LogP contribution >= 0.6 is 0 Å². The lowest BCUT2D eigenvalue weighted by Gasteiger charge is -2.12. The molecule has 2 rings (SSSR count). The summed E-state index contributed by atoms with van der Waals surface area (Å²) in [5, 5.41) is 11.8. The number of phenols is 1. The molecule has 3 nitrogen and oxygen atoms in total. The van der Waals surface area contributed by atoms with Crippen molar-refractivity contribution in [2.24, 2.45) is 0 Å². The van der Waals surface area contributed by atoms with Crippen molar-refractivity contribution < 1.29 is 15.2 Å². The fraction of sp³-hybridized carbons (Fsp3) is 0.250. The zero-order valence-corrected chi connectivity index (χ0v) is 11.3. The van der Waals surface area contributed by atoms with Gasteiger partial charge in [-0.25, -0.2) is 0 Å². The molecule has 0 aromatic heterocycles. The van der Waals surface area contributed by atoms with Gasteiger partial charge in [0.25, 0.3) is 0 Å². The second-order valence-corrected chi connectivity index (χ2v) is 4.65. The van der Waals surface area contributed by atoms with Gasteiger partial charge in [0.05, 0.1) is 7.11 Å². The number of hydrogen-bond donors (Lipinski definition) is 2. The average Bonchev–Trinajstić information content (AvgIpc) is 2.47. The maximum absolute atomic E-state index is 9.56. The fourth-order valence-electron chi connectivity index (χ4n) is 2.05. The van der Waals surface area contributed by atoms with Crippen LogP contribution in [0.5, 0.6) is 11.5 Å². The number of rotatable bonds is 5. The number of aromatic hydroxyl groups is 1. The van der Waals surface area contributed by atoms with Crippen LogP contribution in [-0.4, -0.2) is 12.2 Å². The van der Waals surface area contributed by atoms with Crippen LogP contribution in [0.2, 0.25) is 0 Å². The van der Waals surface area contributed by atoms with E-state index in [-0.39, 0.29) is 5.75 Å². The minimum Gasteiger partial charge on any atom is -0.504 e. The molecule has 0 radical (unpaired) electrons. The van der Waals surface area contributed by atoms with E-state index < -0.39 is 0 Å². The van der Waals surface area contributed by atoms with E-state index in [1.807, 2.05) is 18.2 Å². The highest BCUT2D eigenvalue weighted by molar-refractivity contribution is 5.41. The minimum atomic E-state index is 0.183. The SMILES string of the molecule is COc1cc(C[NH2+][C@H](C)c2ccccc2)ccc1O. The highest BCUT2D eigenvalue weighted by atomic mass is 16.5. The predicted molar refractivity (Wildman–Crippen MR) is 75.1 cm³/mol. The Hall–Kier alpha value is -2.00. The molecule has 100 valence electrons. The van der Waals surface area contributed by atoms with Crippen molar-refractivity contribution in [2.45, 2.75) is 19.5 Å². The van der Waals surface area contributed by atoms with Gasteiger partial charge in [-0.15, -0.1) is 0 Å². The quantitative estimate of drug-likeness (QED) is 0.864. The average molecular weight is 258 g/mol. The Kier molecular flexibility index (Phi) is 4.42. The lowest BCUT2D eigenvalue weighted by molar-refractivity contribution is -0.707. The van der Waals surface area contributed by atoms with Crippen LogP contribution in [0.15, 0.2) is 48.5 Å². The molecule has 0 heterocycles. The lowest BCUT2D eigenvalue weighted by atomic mass is 10.1. The van der Waals surface area contributed by atoms with E-state index in [9.17, 15) is 5.11 Å². The summed E-state index contributed by atoms with van der Waals surface area (Å²) in [5.41, 5.74) is 2.45. The molecule has 1 atom stereocenters. The summed E-state index contributed by atoms with van der Waals surface area (Å²) in [6, 6.07) is 16.3. The molecule has 0 spiro atoms. The number of nitrogens with two attached hydrogens (primary N) is 1. The minimum absolute atomic E-state index is 0.183. The Morgan fingerprint density at radius 3 is 2.58 bits per heavy atom. The first-order valence-corrected chi connectivity index (χ1v) is 6.45. The first-order valence-electron chi connectivity index (χ1n) is 6.45. The number of phenolic OH excluding ortho intramolecular Hbond substituents is 1. The van der Waals surface area contributed by atoms with Gasteiger partial charge in [0.1, 0.15) is 12.6 Å². The summed E-state index contributed by atoms with van der Waals surface area (Å²) in [4.78, 5) is 0. The Labute approximate surface area is 113 Å². The van der Waals surface area contributed by atoms with Crippen LogP contribution in [0.1, 0.15) is 24.1 Å². The molecule has 0 saturated heterocycles. The lowest BCUT2D eigenvalue weighted by Crippen LogP contribution is -2.83. The van der Waals surface area contributed by atoms with Crippen molar-refractivity contribution in [3.05, 3.63) is 59.7 Å². The third-order valence-electron chi connectivity index (χ3n) is 3.28. The zero-order chi connectivity index (χ0) is 13.7. The first-order chi connectivity index (χ1) is 9.20. The molecule has 2 aromatic rings. The molecule has 0 aliphatic rings. The monoisotopic (exact) mass is 258 g/mol. The fourth-order valence-corrected chi connectivity index (χ4v) is 2.05. The molecule has 0 amide bonds. The van der Waals surface area contributed by atoms with Gasteiger partial charge in [-0.1, -0.05) is 30.3 Å². The number of benzene rings is 2. The molecule has 0 aliphatic heterocycles. The van der Waals surface area contributed by atoms with Gasteiger partial charge in [-0.2, -0.15) is 0 Å². The van der Waals surface area contributed by atoms with Gasteiger partial charge in [0.2, 0.25) is 0 Å². The van der Waals surface area contributed by atoms with Crippen LogP contribution < -0.4 is 10.1 Å². The molecule has 0 fully saturated rings. The van der Waals surface area contributed by atoms with E-state index in [2.05, 4.69) is 36.5 Å². The molecule has 0 unspecified atom stereocenters. The standard InChI is InChI=1S/C16H19NO2/c1-12(14-6-4-3-5-7-14)17-11-13-8-9-15(18)16(10-13)19-2/h3-10,12,17-18H,11H2,1-2H3/p+1/t12-/m1/s1. The van der Waals surface area contributed by atoms with E-state index in [0.717, 1.165) is 12.1 Å². The second kappa shape index (κ2) is 6.25. The summed E-state index contributed by atoms with van der Waals surface area (Å²) >= 11 is 0. The molecular formula is C16H20NO2+. The van der Waals surface area contributed by atoms with Crippen molar-refractivity contribution in [3.8, 4) is 11.5 Å². The Balaban J connectivity index is 1.99. The van der Waals surface area contributed by atoms with Crippen LogP contribution in [0.25, 0.3) is 0 Å². The van der Waals surface area contributed by atoms with E-state index in [0.29, 0.717) is 11.8 Å². The number of hydrogen-bond acceptors (Lipinski definition) is 2. The summed E-state index contributed by atoms with van der Waals surface area (Å²) in [6.07, 6.45) is 0. The van der Waals surface area contributed by atoms with Crippen LogP contribution in [0.4, 0.5) is 0 Å². The Morgan fingerprint density at radius 1 is 1.16 bits per heavy atom. The van der Waals surface area contributed by atoms with Crippen molar-refractivity contribution in [3.63, 3.8) is 0 Å². The van der Waals surface area contributed by atoms with E-state index in [4.69, 9.17) is 4.74 Å². The smallest absolute Gasteiger partial charge is 0.160 e. The van der Waals surface area contributed by atoms with Gasteiger partial charge in [0, 0.05) is 11.1 Å². The third kappa shape index (κ3) is 3.48. The molecule has 19 heavy (non-hydrogen) atoms. The summed E-state index contributed by atoms with van der Waals surface area (Å²) < 4.78 is 5.11. The van der Waals surface area contributed by atoms with Gasteiger partial charge in [0.15, 0.2) is 11.5 Å². The molecule has 3 N–H and O–H groups in total. The molecule has 0 aliphatic carbocycles. The molecular weight excluding hydrogens is 238 g/mol. The van der Waals surface area contributed by atoms with Crippen molar-refractivity contribution in [1.29, 1.82) is 0 Å². The highest BCUT2D eigenvalue weighted by Gasteiger charge is 2.09. The normalized spacial score (nSPS) is 12.1. The third-order valence-corrected chi connectivity index (χ3v) is 3.28. The Morgan fingerprint density at radius 2 is 1.89 bits per heavy atom. The van der Waals surface area contributed by atoms with Crippen molar-refractivity contribution >= 4 is 0 Å². The van der Waals surface area contributed by atoms with E-state index in [1.54, 1.807) is 13.2 Å². The largest absolute Gasteiger partial charge is 0.504 e. The first kappa shape index (κ1) is 13.4. The predicted octanol–water partition coefficient (Wildman–Crippen LogP) is 2.23. The van der Waals surface area contributed by atoms with Gasteiger partial charge < -0.3 is 15.2 Å². The number of ether oxygens (including phenoxy) is 1. The zero-order valence-electron chi connectivity index (χ0n) is 11.3. The topological polar surface area (TPSA) is 46.1 Å². The summed E-state index contributed by atoms with van der Waals surface area (Å²) in [6.45, 7) is 3.04. The number of methoxy groups -OCH3 is 1. The maximum Gasteiger partial charge on any atom is 0.160 e. The molecule has 3 heteroatoms. The van der Waals surface area contributed by atoms with Crippen molar-refractivity contribution in [1.82, 2.24) is 0 Å². The molecule has 0 bridgehead atoms. The van der Waals surface area contributed by atoms with Crippen molar-refractivity contribution in [2.75, 3.05) is 7.11 Å². The van der Waals surface area contributed by atoms with Gasteiger partial charge in [-0.05, 0) is 25.1 Å². The highest BCUT2D eigenvalue weighted by Crippen LogP contribution is 2.25. The molecule has 2 aromatic carbocycles.